The molecule has 1 unspecified atom stereocenters. The summed E-state index contributed by atoms with van der Waals surface area (Å²) in [5, 5.41) is 15.7. The Morgan fingerprint density at radius 3 is 2.36 bits per heavy atom. The minimum Gasteiger partial charge on any atom is -0.497 e. The van der Waals surface area contributed by atoms with Gasteiger partial charge in [0.05, 0.1) is 17.8 Å². The molecule has 232 valence electrons. The summed E-state index contributed by atoms with van der Waals surface area (Å²) in [6.07, 6.45) is 5.63. The van der Waals surface area contributed by atoms with Gasteiger partial charge < -0.3 is 20.5 Å². The fourth-order valence-electron chi connectivity index (χ4n) is 5.49. The topological polar surface area (TPSA) is 134 Å². The minimum atomic E-state index is -0.812. The maximum Gasteiger partial charge on any atom is 0.320 e. The number of aromatic nitrogens is 2. The van der Waals surface area contributed by atoms with Crippen LogP contribution in [0.2, 0.25) is 5.02 Å². The number of ether oxygens (including phenoxy) is 1. The SMILES string of the molecule is COc1ccnc(C(=O)Nc2cccc(-c3cccc(NC(=O)c4cc(C)c(CN5CCCCC5C(=O)O)cn4)c3Cl)c2C)c1. The van der Waals surface area contributed by atoms with Crippen molar-refractivity contribution in [3.05, 3.63) is 100 Å². The first-order valence-electron chi connectivity index (χ1n) is 14.6. The van der Waals surface area contributed by atoms with E-state index >= 15 is 0 Å². The molecule has 45 heavy (non-hydrogen) atoms. The molecule has 2 amide bonds. The van der Waals surface area contributed by atoms with E-state index < -0.39 is 17.9 Å². The number of nitrogens with one attached hydrogen (secondary N) is 2. The third kappa shape index (κ3) is 7.13. The number of benzene rings is 2. The van der Waals surface area contributed by atoms with Crippen molar-refractivity contribution in [3.63, 3.8) is 0 Å². The van der Waals surface area contributed by atoms with Crippen molar-refractivity contribution >= 4 is 40.8 Å². The third-order valence-electron chi connectivity index (χ3n) is 8.04. The van der Waals surface area contributed by atoms with Gasteiger partial charge in [-0.25, -0.2) is 0 Å². The van der Waals surface area contributed by atoms with Gasteiger partial charge in [-0.15, -0.1) is 0 Å². The van der Waals surface area contributed by atoms with E-state index in [2.05, 4.69) is 20.6 Å². The van der Waals surface area contributed by atoms with Gasteiger partial charge in [-0.05, 0) is 79.8 Å². The molecule has 0 bridgehead atoms. The van der Waals surface area contributed by atoms with Crippen LogP contribution < -0.4 is 15.4 Å². The van der Waals surface area contributed by atoms with E-state index in [9.17, 15) is 19.5 Å². The maximum absolute atomic E-state index is 13.2. The van der Waals surface area contributed by atoms with Crippen LogP contribution >= 0.6 is 11.6 Å². The van der Waals surface area contributed by atoms with Gasteiger partial charge in [-0.2, -0.15) is 0 Å². The summed E-state index contributed by atoms with van der Waals surface area (Å²) in [6, 6.07) is 15.3. The summed E-state index contributed by atoms with van der Waals surface area (Å²) in [6.45, 7) is 4.94. The number of hydrogen-bond acceptors (Lipinski definition) is 7. The summed E-state index contributed by atoms with van der Waals surface area (Å²) in [5.74, 6) is -1.09. The standard InChI is InChI=1S/C34H34ClN5O5/c1-20-16-28(37-18-22(20)19-40-15-5-4-12-30(40)34(43)44)32(41)39-27-11-7-9-25(31(27)35)24-8-6-10-26(21(24)2)38-33(42)29-17-23(45-3)13-14-36-29/h6-11,13-14,16-18,30H,4-5,12,15,19H2,1-3H3,(H,38,42)(H,39,41)(H,43,44). The second kappa shape index (κ2) is 13.9. The summed E-state index contributed by atoms with van der Waals surface area (Å²) in [4.78, 5) is 48.3. The Labute approximate surface area is 266 Å². The zero-order valence-electron chi connectivity index (χ0n) is 25.3. The number of nitrogens with zero attached hydrogens (tertiary/aromatic N) is 3. The van der Waals surface area contributed by atoms with Crippen LogP contribution in [0.5, 0.6) is 5.75 Å². The predicted octanol–water partition coefficient (Wildman–Crippen LogP) is 6.37. The highest BCUT2D eigenvalue weighted by atomic mass is 35.5. The van der Waals surface area contributed by atoms with Gasteiger partial charge in [0, 0.05) is 36.3 Å². The second-order valence-electron chi connectivity index (χ2n) is 11.0. The lowest BCUT2D eigenvalue weighted by Crippen LogP contribution is -2.44. The molecule has 0 radical (unpaired) electrons. The molecular formula is C34H34ClN5O5. The summed E-state index contributed by atoms with van der Waals surface area (Å²) >= 11 is 6.84. The van der Waals surface area contributed by atoms with E-state index in [1.807, 2.05) is 36.9 Å². The van der Waals surface area contributed by atoms with E-state index in [0.29, 0.717) is 47.2 Å². The van der Waals surface area contributed by atoms with Crippen molar-refractivity contribution in [2.45, 2.75) is 45.7 Å². The molecule has 10 nitrogen and oxygen atoms in total. The van der Waals surface area contributed by atoms with Gasteiger partial charge in [0.1, 0.15) is 23.2 Å². The average molecular weight is 628 g/mol. The van der Waals surface area contributed by atoms with Crippen molar-refractivity contribution in [2.24, 2.45) is 0 Å². The summed E-state index contributed by atoms with van der Waals surface area (Å²) < 4.78 is 5.20. The zero-order valence-corrected chi connectivity index (χ0v) is 26.0. The third-order valence-corrected chi connectivity index (χ3v) is 8.45. The highest BCUT2D eigenvalue weighted by Crippen LogP contribution is 2.37. The van der Waals surface area contributed by atoms with E-state index in [1.54, 1.807) is 42.6 Å². The van der Waals surface area contributed by atoms with Crippen LogP contribution in [0.15, 0.2) is 67.0 Å². The largest absolute Gasteiger partial charge is 0.497 e. The Balaban J connectivity index is 1.32. The number of methoxy groups -OCH3 is 1. The molecule has 0 aliphatic carbocycles. The van der Waals surface area contributed by atoms with Crippen LogP contribution in [-0.2, 0) is 11.3 Å². The zero-order chi connectivity index (χ0) is 32.1. The van der Waals surface area contributed by atoms with Gasteiger partial charge >= 0.3 is 5.97 Å². The van der Waals surface area contributed by atoms with Crippen LogP contribution in [0.3, 0.4) is 0 Å². The molecule has 5 rings (SSSR count). The Morgan fingerprint density at radius 1 is 0.956 bits per heavy atom. The quantitative estimate of drug-likeness (QED) is 0.195. The number of carbonyl (C=O) groups is 3. The Kier molecular flexibility index (Phi) is 9.75. The predicted molar refractivity (Wildman–Crippen MR) is 173 cm³/mol. The Hall–Kier alpha value is -4.80. The van der Waals surface area contributed by atoms with Gasteiger partial charge in [0.25, 0.3) is 11.8 Å². The number of carbonyl (C=O) groups excluding carboxylic acids is 2. The first kappa shape index (κ1) is 31.6. The lowest BCUT2D eigenvalue weighted by Gasteiger charge is -2.33. The van der Waals surface area contributed by atoms with Gasteiger partial charge in [0.15, 0.2) is 0 Å². The number of hydrogen-bond donors (Lipinski definition) is 3. The van der Waals surface area contributed by atoms with Gasteiger partial charge in [-0.3, -0.25) is 29.3 Å². The normalized spacial score (nSPS) is 14.9. The number of likely N-dealkylation sites (tertiary alicyclic amines) is 1. The Morgan fingerprint density at radius 2 is 1.64 bits per heavy atom. The van der Waals surface area contributed by atoms with Crippen LogP contribution in [0.25, 0.3) is 11.1 Å². The van der Waals surface area contributed by atoms with Gasteiger partial charge in [0.2, 0.25) is 0 Å². The number of piperidine rings is 1. The highest BCUT2D eigenvalue weighted by Gasteiger charge is 2.28. The highest BCUT2D eigenvalue weighted by molar-refractivity contribution is 6.36. The van der Waals surface area contributed by atoms with E-state index in [1.165, 1.54) is 13.3 Å². The molecule has 2 aromatic heterocycles. The smallest absolute Gasteiger partial charge is 0.320 e. The number of carboxylic acids is 1. The van der Waals surface area contributed by atoms with Crippen molar-refractivity contribution in [1.82, 2.24) is 14.9 Å². The molecule has 2 aromatic carbocycles. The van der Waals surface area contributed by atoms with Gasteiger partial charge in [-0.1, -0.05) is 42.3 Å². The van der Waals surface area contributed by atoms with E-state index in [0.717, 1.165) is 35.1 Å². The van der Waals surface area contributed by atoms with E-state index in [-0.39, 0.29) is 17.3 Å². The molecule has 1 aliphatic rings. The first-order chi connectivity index (χ1) is 21.7. The minimum absolute atomic E-state index is 0.217. The van der Waals surface area contributed by atoms with Crippen molar-refractivity contribution in [1.29, 1.82) is 0 Å². The fraction of sp³-hybridized carbons (Fsp3) is 0.265. The number of anilines is 2. The molecule has 1 atom stereocenters. The molecule has 0 spiro atoms. The van der Waals surface area contributed by atoms with Crippen molar-refractivity contribution < 1.29 is 24.2 Å². The number of halogens is 1. The van der Waals surface area contributed by atoms with Crippen LogP contribution in [-0.4, -0.2) is 57.5 Å². The average Bonchev–Trinajstić information content (AvgIpc) is 3.04. The molecule has 11 heteroatoms. The fourth-order valence-corrected chi connectivity index (χ4v) is 5.76. The van der Waals surface area contributed by atoms with Crippen molar-refractivity contribution in [3.8, 4) is 16.9 Å². The molecule has 3 N–H and O–H groups in total. The van der Waals surface area contributed by atoms with Crippen LogP contribution in [0, 0.1) is 13.8 Å². The first-order valence-corrected chi connectivity index (χ1v) is 15.0. The number of pyridine rings is 2. The van der Waals surface area contributed by atoms with Crippen molar-refractivity contribution in [2.75, 3.05) is 24.3 Å². The molecule has 3 heterocycles. The lowest BCUT2D eigenvalue weighted by molar-refractivity contribution is -0.144. The number of aryl methyl sites for hydroxylation is 1. The van der Waals surface area contributed by atoms with Crippen LogP contribution in [0.4, 0.5) is 11.4 Å². The monoisotopic (exact) mass is 627 g/mol. The molecule has 1 aliphatic heterocycles. The molecule has 1 fully saturated rings. The maximum atomic E-state index is 13.2. The number of aliphatic carboxylic acids is 1. The number of rotatable bonds is 9. The van der Waals surface area contributed by atoms with Crippen LogP contribution in [0.1, 0.15) is 56.9 Å². The molecular weight excluding hydrogens is 594 g/mol. The second-order valence-corrected chi connectivity index (χ2v) is 11.3. The molecule has 1 saturated heterocycles. The summed E-state index contributed by atoms with van der Waals surface area (Å²) in [7, 11) is 1.52. The lowest BCUT2D eigenvalue weighted by atomic mass is 9.98. The molecule has 4 aromatic rings. The number of carboxylic acid groups (broad SMARTS) is 1. The Bertz CT molecular complexity index is 1760. The summed E-state index contributed by atoms with van der Waals surface area (Å²) in [5.41, 5.74) is 5.41. The van der Waals surface area contributed by atoms with E-state index in [4.69, 9.17) is 16.3 Å². The number of amides is 2. The molecule has 0 saturated carbocycles.